The second-order valence-electron chi connectivity index (χ2n) is 7.73. The maximum Gasteiger partial charge on any atom is 0.415 e. The molecule has 2 aromatic heterocycles. The normalized spacial score (nSPS) is 17.1. The van der Waals surface area contributed by atoms with E-state index in [-0.39, 0.29) is 24.1 Å². The Bertz CT molecular complexity index is 1010. The van der Waals surface area contributed by atoms with Crippen LogP contribution in [0.1, 0.15) is 32.4 Å². The summed E-state index contributed by atoms with van der Waals surface area (Å²) in [4.78, 5) is 26.9. The zero-order valence-corrected chi connectivity index (χ0v) is 17.3. The van der Waals surface area contributed by atoms with Crippen molar-refractivity contribution in [3.05, 3.63) is 66.6 Å². The third kappa shape index (κ3) is 4.10. The van der Waals surface area contributed by atoms with E-state index in [0.29, 0.717) is 18.4 Å². The maximum absolute atomic E-state index is 12.2. The Morgan fingerprint density at radius 2 is 1.87 bits per heavy atom. The highest BCUT2D eigenvalue weighted by Crippen LogP contribution is 2.27. The summed E-state index contributed by atoms with van der Waals surface area (Å²) in [6, 6.07) is 14.0. The van der Waals surface area contributed by atoms with Gasteiger partial charge in [-0.3, -0.25) is 9.88 Å². The lowest BCUT2D eigenvalue weighted by Crippen LogP contribution is -2.37. The molecule has 2 atom stereocenters. The van der Waals surface area contributed by atoms with Crippen LogP contribution in [0.3, 0.4) is 0 Å². The van der Waals surface area contributed by atoms with Crippen molar-refractivity contribution in [1.29, 1.82) is 0 Å². The van der Waals surface area contributed by atoms with Gasteiger partial charge in [-0.1, -0.05) is 44.2 Å². The van der Waals surface area contributed by atoms with Gasteiger partial charge in [0.05, 0.1) is 12.1 Å². The molecule has 3 heterocycles. The van der Waals surface area contributed by atoms with E-state index >= 15 is 0 Å². The van der Waals surface area contributed by atoms with Crippen LogP contribution >= 0.6 is 0 Å². The predicted octanol–water partition coefficient (Wildman–Crippen LogP) is 4.69. The Kier molecular flexibility index (Phi) is 5.61. The van der Waals surface area contributed by atoms with E-state index in [1.807, 2.05) is 18.3 Å². The van der Waals surface area contributed by atoms with Gasteiger partial charge >= 0.3 is 6.09 Å². The summed E-state index contributed by atoms with van der Waals surface area (Å²) in [5, 5.41) is 3.33. The summed E-state index contributed by atoms with van der Waals surface area (Å²) in [5.41, 5.74) is 3.31. The number of carbonyl (C=O) groups excluding carboxylic acids is 1. The number of pyridine rings is 1. The first-order valence-corrected chi connectivity index (χ1v) is 10.1. The number of nitrogens with zero attached hydrogens (tertiary/aromatic N) is 4. The zero-order valence-electron chi connectivity index (χ0n) is 17.3. The van der Waals surface area contributed by atoms with Crippen molar-refractivity contribution in [3.63, 3.8) is 0 Å². The fraction of sp³-hybridized carbons (Fsp3) is 0.304. The van der Waals surface area contributed by atoms with Crippen LogP contribution in [0.4, 0.5) is 16.6 Å². The fourth-order valence-corrected chi connectivity index (χ4v) is 3.52. The zero-order chi connectivity index (χ0) is 21.1. The highest BCUT2D eigenvalue weighted by atomic mass is 16.6. The summed E-state index contributed by atoms with van der Waals surface area (Å²) in [6.45, 7) is 6.56. The van der Waals surface area contributed by atoms with Gasteiger partial charge in [-0.25, -0.2) is 9.78 Å². The first-order chi connectivity index (χ1) is 14.5. The van der Waals surface area contributed by atoms with E-state index in [4.69, 9.17) is 4.74 Å². The average Bonchev–Trinajstić information content (AvgIpc) is 3.16. The molecule has 1 saturated heterocycles. The van der Waals surface area contributed by atoms with E-state index < -0.39 is 0 Å². The van der Waals surface area contributed by atoms with Crippen LogP contribution in [0.15, 0.2) is 61.1 Å². The molecule has 3 aromatic rings. The summed E-state index contributed by atoms with van der Waals surface area (Å²) in [7, 11) is 0. The Morgan fingerprint density at radius 1 is 1.07 bits per heavy atom. The number of amides is 1. The molecule has 0 aliphatic carbocycles. The van der Waals surface area contributed by atoms with Gasteiger partial charge in [-0.05, 0) is 41.7 Å². The lowest BCUT2D eigenvalue weighted by atomic mass is 10.0. The molecule has 154 valence electrons. The molecular formula is C23H25N5O2. The molecule has 7 nitrogen and oxygen atoms in total. The molecule has 1 fully saturated rings. The van der Waals surface area contributed by atoms with E-state index in [0.717, 1.165) is 16.7 Å². The summed E-state index contributed by atoms with van der Waals surface area (Å²) in [6.07, 6.45) is 4.91. The minimum Gasteiger partial charge on any atom is -0.447 e. The Hall–Kier alpha value is -3.48. The van der Waals surface area contributed by atoms with Crippen molar-refractivity contribution in [2.24, 2.45) is 5.92 Å². The number of ether oxygens (including phenoxy) is 1. The van der Waals surface area contributed by atoms with E-state index in [9.17, 15) is 4.79 Å². The molecule has 0 radical (unpaired) electrons. The number of rotatable bonds is 6. The largest absolute Gasteiger partial charge is 0.447 e. The van der Waals surface area contributed by atoms with Crippen LogP contribution < -0.4 is 10.2 Å². The Balaban J connectivity index is 1.49. The van der Waals surface area contributed by atoms with Crippen LogP contribution in [-0.4, -0.2) is 33.7 Å². The van der Waals surface area contributed by atoms with Crippen molar-refractivity contribution in [2.75, 3.05) is 16.8 Å². The van der Waals surface area contributed by atoms with E-state index in [1.54, 1.807) is 23.4 Å². The van der Waals surface area contributed by atoms with Crippen LogP contribution in [-0.2, 0) is 4.74 Å². The van der Waals surface area contributed by atoms with Crippen molar-refractivity contribution >= 4 is 17.9 Å². The molecule has 1 unspecified atom stereocenters. The second-order valence-corrected chi connectivity index (χ2v) is 7.73. The van der Waals surface area contributed by atoms with Crippen LogP contribution in [0, 0.1) is 5.92 Å². The summed E-state index contributed by atoms with van der Waals surface area (Å²) in [5.74, 6) is 1.28. The third-order valence-corrected chi connectivity index (χ3v) is 5.31. The lowest BCUT2D eigenvalue weighted by Gasteiger charge is -2.23. The van der Waals surface area contributed by atoms with Crippen LogP contribution in [0.2, 0.25) is 0 Å². The van der Waals surface area contributed by atoms with Gasteiger partial charge < -0.3 is 10.1 Å². The average molecular weight is 403 g/mol. The molecule has 4 rings (SSSR count). The first-order valence-electron chi connectivity index (χ1n) is 10.1. The smallest absolute Gasteiger partial charge is 0.415 e. The second kappa shape index (κ2) is 8.49. The molecule has 0 spiro atoms. The molecule has 0 bridgehead atoms. The monoisotopic (exact) mass is 403 g/mol. The number of carbonyl (C=O) groups is 1. The topological polar surface area (TPSA) is 80.2 Å². The van der Waals surface area contributed by atoms with Gasteiger partial charge in [0.2, 0.25) is 5.95 Å². The first kappa shape index (κ1) is 19.8. The van der Waals surface area contributed by atoms with Gasteiger partial charge in [0.25, 0.3) is 0 Å². The fourth-order valence-electron chi connectivity index (χ4n) is 3.52. The van der Waals surface area contributed by atoms with Crippen LogP contribution in [0.25, 0.3) is 11.1 Å². The van der Waals surface area contributed by atoms with Gasteiger partial charge in [0, 0.05) is 18.6 Å². The molecule has 1 amide bonds. The molecule has 0 saturated carbocycles. The Morgan fingerprint density at radius 3 is 2.57 bits per heavy atom. The Labute approximate surface area is 176 Å². The summed E-state index contributed by atoms with van der Waals surface area (Å²) >= 11 is 0. The van der Waals surface area contributed by atoms with Crippen molar-refractivity contribution < 1.29 is 9.53 Å². The third-order valence-electron chi connectivity index (χ3n) is 5.31. The number of hydrogen-bond acceptors (Lipinski definition) is 6. The van der Waals surface area contributed by atoms with Gasteiger partial charge in [0.1, 0.15) is 12.4 Å². The molecule has 1 aliphatic rings. The van der Waals surface area contributed by atoms with E-state index in [1.165, 1.54) is 0 Å². The van der Waals surface area contributed by atoms with E-state index in [2.05, 4.69) is 65.3 Å². The van der Waals surface area contributed by atoms with Crippen molar-refractivity contribution in [1.82, 2.24) is 15.0 Å². The molecular weight excluding hydrogens is 378 g/mol. The molecule has 7 heteroatoms. The minimum atomic E-state index is -0.364. The number of hydrogen-bond donors (Lipinski definition) is 1. The quantitative estimate of drug-likeness (QED) is 0.643. The van der Waals surface area contributed by atoms with Crippen molar-refractivity contribution in [3.8, 4) is 11.1 Å². The van der Waals surface area contributed by atoms with Crippen LogP contribution in [0.5, 0.6) is 0 Å². The maximum atomic E-state index is 12.2. The molecule has 1 aromatic carbocycles. The lowest BCUT2D eigenvalue weighted by molar-refractivity contribution is 0.177. The number of aromatic nitrogens is 3. The predicted molar refractivity (Wildman–Crippen MR) is 116 cm³/mol. The summed E-state index contributed by atoms with van der Waals surface area (Å²) < 4.78 is 5.23. The number of benzene rings is 1. The molecule has 1 aliphatic heterocycles. The molecule has 1 N–H and O–H groups in total. The number of anilines is 2. The molecule has 30 heavy (non-hydrogen) atoms. The standard InChI is InChI=1S/C23H25N5O2/c1-15(2)20-14-30-23(29)28(20)21-10-12-25-22(27-21)26-16(3)17-6-8-18(9-7-17)19-5-4-11-24-13-19/h4-13,15-16,20H,14H2,1-3H3,(H,25,26,27)/t16?,20-/m1/s1. The number of nitrogens with one attached hydrogen (secondary N) is 1. The highest BCUT2D eigenvalue weighted by molar-refractivity contribution is 5.89. The number of cyclic esters (lactones) is 1. The minimum absolute atomic E-state index is 0.00498. The SMILES string of the molecule is CC(Nc1nccc(N2C(=O)OC[C@@H]2C(C)C)n1)c1ccc(-c2cccnc2)cc1. The van der Waals surface area contributed by atoms with Gasteiger partial charge in [-0.15, -0.1) is 0 Å². The highest BCUT2D eigenvalue weighted by Gasteiger charge is 2.37. The van der Waals surface area contributed by atoms with Gasteiger partial charge in [-0.2, -0.15) is 4.98 Å². The van der Waals surface area contributed by atoms with Crippen molar-refractivity contribution in [2.45, 2.75) is 32.9 Å². The van der Waals surface area contributed by atoms with Gasteiger partial charge in [0.15, 0.2) is 0 Å².